The minimum Gasteiger partial charge on any atom is -0.366 e. The highest BCUT2D eigenvalue weighted by molar-refractivity contribution is 7.92. The number of nitrogens with zero attached hydrogens (tertiary/aromatic N) is 1. The summed E-state index contributed by atoms with van der Waals surface area (Å²) >= 11 is 4.96. The molecule has 2 aromatic rings. The summed E-state index contributed by atoms with van der Waals surface area (Å²) in [5.41, 5.74) is 0.686. The Bertz CT molecular complexity index is 738. The Labute approximate surface area is 127 Å². The van der Waals surface area contributed by atoms with E-state index in [1.807, 2.05) is 0 Å². The molecule has 0 bridgehead atoms. The van der Waals surface area contributed by atoms with Crippen molar-refractivity contribution in [1.29, 1.82) is 0 Å². The van der Waals surface area contributed by atoms with Crippen molar-refractivity contribution in [3.63, 3.8) is 0 Å². The quantitative estimate of drug-likeness (QED) is 0.736. The van der Waals surface area contributed by atoms with Gasteiger partial charge in [0.1, 0.15) is 5.76 Å². The summed E-state index contributed by atoms with van der Waals surface area (Å²) in [7, 11) is -2.01. The number of thiocarbonyl (C=S) groups is 1. The number of aromatic nitrogens is 1. The second-order valence-corrected chi connectivity index (χ2v) is 6.25. The van der Waals surface area contributed by atoms with Crippen molar-refractivity contribution in [2.24, 2.45) is 0 Å². The van der Waals surface area contributed by atoms with Gasteiger partial charge < -0.3 is 15.2 Å². The molecular formula is C12H14N4O3S2. The van der Waals surface area contributed by atoms with Crippen LogP contribution in [0.2, 0.25) is 0 Å². The van der Waals surface area contributed by atoms with Gasteiger partial charge in [0.2, 0.25) is 0 Å². The zero-order valence-electron chi connectivity index (χ0n) is 11.4. The Morgan fingerprint density at radius 1 is 1.29 bits per heavy atom. The van der Waals surface area contributed by atoms with Crippen LogP contribution < -0.4 is 15.4 Å². The average molecular weight is 326 g/mol. The number of nitrogens with one attached hydrogen (secondary N) is 3. The SMILES string of the molecule is CNC(=S)Nc1ccc(S(=O)(=O)Nc2cc(C)on2)cc1. The molecule has 9 heteroatoms. The van der Waals surface area contributed by atoms with Gasteiger partial charge in [-0.2, -0.15) is 0 Å². The number of benzene rings is 1. The third-order valence-corrected chi connectivity index (χ3v) is 4.19. The van der Waals surface area contributed by atoms with Gasteiger partial charge >= 0.3 is 0 Å². The van der Waals surface area contributed by atoms with Crippen LogP contribution in [0.1, 0.15) is 5.76 Å². The number of hydrogen-bond acceptors (Lipinski definition) is 5. The molecule has 3 N–H and O–H groups in total. The van der Waals surface area contributed by atoms with Gasteiger partial charge in [0.05, 0.1) is 4.90 Å². The fraction of sp³-hybridized carbons (Fsp3) is 0.167. The lowest BCUT2D eigenvalue weighted by molar-refractivity contribution is 0.400. The van der Waals surface area contributed by atoms with Crippen LogP contribution in [-0.4, -0.2) is 25.7 Å². The number of aryl methyl sites for hydroxylation is 1. The summed E-state index contributed by atoms with van der Waals surface area (Å²) < 4.78 is 31.4. The fourth-order valence-corrected chi connectivity index (χ4v) is 2.62. The third kappa shape index (κ3) is 3.92. The predicted molar refractivity (Wildman–Crippen MR) is 83.8 cm³/mol. The summed E-state index contributed by atoms with van der Waals surface area (Å²) in [4.78, 5) is 0.115. The minimum absolute atomic E-state index is 0.115. The molecule has 0 saturated heterocycles. The van der Waals surface area contributed by atoms with Gasteiger partial charge in [0, 0.05) is 18.8 Å². The van der Waals surface area contributed by atoms with Crippen molar-refractivity contribution in [2.75, 3.05) is 17.1 Å². The minimum atomic E-state index is -3.70. The summed E-state index contributed by atoms with van der Waals surface area (Å²) in [6, 6.07) is 7.67. The van der Waals surface area contributed by atoms with Gasteiger partial charge in [0.15, 0.2) is 10.9 Å². The molecule has 0 aliphatic heterocycles. The molecule has 21 heavy (non-hydrogen) atoms. The Hall–Kier alpha value is -2.13. The molecule has 1 aromatic heterocycles. The first kappa shape index (κ1) is 15.3. The van der Waals surface area contributed by atoms with Crippen LogP contribution in [0.15, 0.2) is 39.8 Å². The van der Waals surface area contributed by atoms with Crippen LogP contribution in [0.5, 0.6) is 0 Å². The van der Waals surface area contributed by atoms with Crippen molar-refractivity contribution in [2.45, 2.75) is 11.8 Å². The standard InChI is InChI=1S/C12H14N4O3S2/c1-8-7-11(15-19-8)16-21(17,18)10-5-3-9(4-6-10)14-12(20)13-2/h3-7H,1-2H3,(H,15,16)(H2,13,14,20). The zero-order chi connectivity index (χ0) is 15.5. The maximum atomic E-state index is 12.1. The van der Waals surface area contributed by atoms with E-state index in [4.69, 9.17) is 16.7 Å². The Kier molecular flexibility index (Phi) is 4.43. The summed E-state index contributed by atoms with van der Waals surface area (Å²) in [5.74, 6) is 0.666. The zero-order valence-corrected chi connectivity index (χ0v) is 13.0. The molecule has 0 aliphatic rings. The van der Waals surface area contributed by atoms with E-state index in [2.05, 4.69) is 20.5 Å². The van der Waals surface area contributed by atoms with Crippen LogP contribution in [-0.2, 0) is 10.0 Å². The molecule has 0 amide bonds. The van der Waals surface area contributed by atoms with E-state index >= 15 is 0 Å². The summed E-state index contributed by atoms with van der Waals surface area (Å²) in [6.45, 7) is 1.68. The van der Waals surface area contributed by atoms with E-state index in [1.54, 1.807) is 26.1 Å². The number of rotatable bonds is 4. The van der Waals surface area contributed by atoms with Gasteiger partial charge in [-0.05, 0) is 43.4 Å². The van der Waals surface area contributed by atoms with Crippen LogP contribution >= 0.6 is 12.2 Å². The van der Waals surface area contributed by atoms with Crippen molar-refractivity contribution in [3.8, 4) is 0 Å². The lowest BCUT2D eigenvalue weighted by Gasteiger charge is -2.08. The van der Waals surface area contributed by atoms with Gasteiger partial charge in [-0.1, -0.05) is 5.16 Å². The average Bonchev–Trinajstić information content (AvgIpc) is 2.83. The number of anilines is 2. The Balaban J connectivity index is 2.15. The van der Waals surface area contributed by atoms with Crippen LogP contribution in [0, 0.1) is 6.92 Å². The Morgan fingerprint density at radius 3 is 2.48 bits per heavy atom. The molecule has 7 nitrogen and oxygen atoms in total. The van der Waals surface area contributed by atoms with Gasteiger partial charge in [-0.3, -0.25) is 4.72 Å². The molecule has 0 unspecified atom stereocenters. The highest BCUT2D eigenvalue weighted by atomic mass is 32.2. The molecule has 0 aliphatic carbocycles. The van der Waals surface area contributed by atoms with Crippen LogP contribution in [0.4, 0.5) is 11.5 Å². The van der Waals surface area contributed by atoms with Crippen LogP contribution in [0.3, 0.4) is 0 Å². The molecule has 0 spiro atoms. The number of sulfonamides is 1. The first-order chi connectivity index (χ1) is 9.90. The van der Waals surface area contributed by atoms with E-state index in [-0.39, 0.29) is 10.7 Å². The maximum absolute atomic E-state index is 12.1. The molecule has 2 rings (SSSR count). The third-order valence-electron chi connectivity index (χ3n) is 2.52. The van der Waals surface area contributed by atoms with Crippen molar-refractivity contribution in [1.82, 2.24) is 10.5 Å². The number of hydrogen-bond donors (Lipinski definition) is 3. The smallest absolute Gasteiger partial charge is 0.263 e. The molecule has 0 atom stereocenters. The topological polar surface area (TPSA) is 96.3 Å². The normalized spacial score (nSPS) is 11.0. The lowest BCUT2D eigenvalue weighted by Crippen LogP contribution is -2.24. The molecule has 112 valence electrons. The maximum Gasteiger partial charge on any atom is 0.263 e. The first-order valence-corrected chi connectivity index (χ1v) is 7.85. The molecular weight excluding hydrogens is 312 g/mol. The fourth-order valence-electron chi connectivity index (χ4n) is 1.52. The van der Waals surface area contributed by atoms with Crippen molar-refractivity contribution >= 4 is 38.9 Å². The van der Waals surface area contributed by atoms with Gasteiger partial charge in [-0.15, -0.1) is 0 Å². The summed E-state index contributed by atoms with van der Waals surface area (Å²) in [5, 5.41) is 9.70. The van der Waals surface area contributed by atoms with Crippen molar-refractivity contribution in [3.05, 3.63) is 36.1 Å². The Morgan fingerprint density at radius 2 is 1.95 bits per heavy atom. The first-order valence-electron chi connectivity index (χ1n) is 5.95. The van der Waals surface area contributed by atoms with E-state index in [0.717, 1.165) is 0 Å². The molecule has 0 fully saturated rings. The molecule has 1 aromatic carbocycles. The second kappa shape index (κ2) is 6.10. The summed E-state index contributed by atoms with van der Waals surface area (Å²) in [6.07, 6.45) is 0. The molecule has 0 saturated carbocycles. The van der Waals surface area contributed by atoms with E-state index < -0.39 is 10.0 Å². The van der Waals surface area contributed by atoms with E-state index in [9.17, 15) is 8.42 Å². The van der Waals surface area contributed by atoms with Gasteiger partial charge in [-0.25, -0.2) is 8.42 Å². The second-order valence-electron chi connectivity index (χ2n) is 4.16. The van der Waals surface area contributed by atoms with Gasteiger partial charge in [0.25, 0.3) is 10.0 Å². The van der Waals surface area contributed by atoms with E-state index in [1.165, 1.54) is 18.2 Å². The van der Waals surface area contributed by atoms with Crippen molar-refractivity contribution < 1.29 is 12.9 Å². The monoisotopic (exact) mass is 326 g/mol. The largest absolute Gasteiger partial charge is 0.366 e. The molecule has 1 heterocycles. The highest BCUT2D eigenvalue weighted by Crippen LogP contribution is 2.18. The molecule has 0 radical (unpaired) electrons. The van der Waals surface area contributed by atoms with Crippen LogP contribution in [0.25, 0.3) is 0 Å². The highest BCUT2D eigenvalue weighted by Gasteiger charge is 2.16. The lowest BCUT2D eigenvalue weighted by atomic mass is 10.3. The van der Waals surface area contributed by atoms with E-state index in [0.29, 0.717) is 16.6 Å². The predicted octanol–water partition coefficient (Wildman–Crippen LogP) is 1.70.